The number of benzene rings is 1. The van der Waals surface area contributed by atoms with Gasteiger partial charge in [-0.3, -0.25) is 14.9 Å². The molecule has 2 aromatic rings. The lowest BCUT2D eigenvalue weighted by Gasteiger charge is -2.02. The highest BCUT2D eigenvalue weighted by Crippen LogP contribution is 2.24. The molecule has 8 heteroatoms. The normalized spacial score (nSPS) is 11.2. The van der Waals surface area contributed by atoms with Crippen LogP contribution in [-0.4, -0.2) is 35.3 Å². The number of ether oxygens (including phenoxy) is 1. The number of nitro benzene ring substituents is 1. The molecule has 6 nitrogen and oxygen atoms in total. The fraction of sp³-hybridized carbons (Fsp3) is 0.308. The first-order chi connectivity index (χ1) is 9.99. The molecule has 1 N–H and O–H groups in total. The Morgan fingerprint density at radius 2 is 2.19 bits per heavy atom. The van der Waals surface area contributed by atoms with Gasteiger partial charge in [0.25, 0.3) is 12.1 Å². The largest absolute Gasteiger partial charge is 0.375 e. The average Bonchev–Trinajstić information content (AvgIpc) is 2.86. The predicted octanol–water partition coefficient (Wildman–Crippen LogP) is 2.93. The van der Waals surface area contributed by atoms with Crippen molar-refractivity contribution in [3.63, 3.8) is 0 Å². The summed E-state index contributed by atoms with van der Waals surface area (Å²) in [7, 11) is 0. The predicted molar refractivity (Wildman–Crippen MR) is 70.7 cm³/mol. The number of rotatable bonds is 7. The zero-order valence-electron chi connectivity index (χ0n) is 10.8. The molecule has 1 heterocycles. The van der Waals surface area contributed by atoms with Crippen LogP contribution < -0.4 is 0 Å². The van der Waals surface area contributed by atoms with Gasteiger partial charge in [0.05, 0.1) is 17.0 Å². The summed E-state index contributed by atoms with van der Waals surface area (Å²) in [5.41, 5.74) is 0.755. The van der Waals surface area contributed by atoms with E-state index in [2.05, 4.69) is 9.72 Å². The van der Waals surface area contributed by atoms with Gasteiger partial charge in [-0.05, 0) is 6.07 Å². The van der Waals surface area contributed by atoms with Crippen LogP contribution in [0.4, 0.5) is 14.5 Å². The third-order valence-corrected chi connectivity index (χ3v) is 2.89. The smallest absolute Gasteiger partial charge is 0.271 e. The quantitative estimate of drug-likeness (QED) is 0.368. The van der Waals surface area contributed by atoms with Gasteiger partial charge in [-0.1, -0.05) is 0 Å². The number of non-ortho nitro benzene ring substituents is 1. The van der Waals surface area contributed by atoms with Gasteiger partial charge in [0.2, 0.25) is 0 Å². The number of nitrogens with zero attached hydrogens (tertiary/aromatic N) is 1. The third kappa shape index (κ3) is 3.60. The number of Topliss-reactive ketones (excluding diaryl/α,β-unsaturated/α-hetero) is 1. The molecule has 0 aliphatic heterocycles. The van der Waals surface area contributed by atoms with Gasteiger partial charge in [-0.15, -0.1) is 0 Å². The molecule has 1 aromatic heterocycles. The van der Waals surface area contributed by atoms with E-state index in [1.807, 2.05) is 0 Å². The van der Waals surface area contributed by atoms with E-state index in [0.29, 0.717) is 16.5 Å². The molecule has 1 aromatic carbocycles. The van der Waals surface area contributed by atoms with E-state index in [9.17, 15) is 23.7 Å². The SMILES string of the molecule is O=C(CCOCC(F)F)c1c[nH]c2cc([N+](=O)[O-])ccc12. The highest BCUT2D eigenvalue weighted by molar-refractivity contribution is 6.08. The van der Waals surface area contributed by atoms with Gasteiger partial charge in [0.1, 0.15) is 6.61 Å². The highest BCUT2D eigenvalue weighted by Gasteiger charge is 2.15. The first-order valence-corrected chi connectivity index (χ1v) is 6.13. The molecule has 0 aliphatic rings. The van der Waals surface area contributed by atoms with Crippen molar-refractivity contribution in [1.29, 1.82) is 0 Å². The van der Waals surface area contributed by atoms with Crippen LogP contribution in [0.15, 0.2) is 24.4 Å². The standard InChI is InChI=1S/C13H12F2N2O4/c14-13(15)7-21-4-3-12(18)10-6-16-11-5-8(17(19)20)1-2-9(10)11/h1-2,5-6,13,16H,3-4,7H2. The fourth-order valence-corrected chi connectivity index (χ4v) is 1.93. The van der Waals surface area contributed by atoms with Crippen molar-refractivity contribution in [1.82, 2.24) is 4.98 Å². The van der Waals surface area contributed by atoms with E-state index >= 15 is 0 Å². The van der Waals surface area contributed by atoms with Crippen molar-refractivity contribution in [3.8, 4) is 0 Å². The summed E-state index contributed by atoms with van der Waals surface area (Å²) < 4.78 is 28.4. The number of nitro groups is 1. The van der Waals surface area contributed by atoms with Crippen molar-refractivity contribution >= 4 is 22.4 Å². The summed E-state index contributed by atoms with van der Waals surface area (Å²) in [6.07, 6.45) is -1.14. The second-order valence-corrected chi connectivity index (χ2v) is 4.33. The molecule has 0 spiro atoms. The number of ketones is 1. The number of hydrogen-bond donors (Lipinski definition) is 1. The lowest BCUT2D eigenvalue weighted by molar-refractivity contribution is -0.384. The van der Waals surface area contributed by atoms with Crippen LogP contribution in [0.1, 0.15) is 16.8 Å². The van der Waals surface area contributed by atoms with Gasteiger partial charge in [0.15, 0.2) is 5.78 Å². The minimum atomic E-state index is -2.56. The maximum atomic E-state index is 12.0. The molecule has 0 bridgehead atoms. The van der Waals surface area contributed by atoms with E-state index in [1.165, 1.54) is 24.4 Å². The zero-order chi connectivity index (χ0) is 15.4. The maximum Gasteiger partial charge on any atom is 0.271 e. The van der Waals surface area contributed by atoms with Crippen molar-refractivity contribution in [3.05, 3.63) is 40.1 Å². The summed E-state index contributed by atoms with van der Waals surface area (Å²) in [6, 6.07) is 4.12. The number of aromatic amines is 1. The molecular weight excluding hydrogens is 286 g/mol. The van der Waals surface area contributed by atoms with Crippen LogP contribution in [0.2, 0.25) is 0 Å². The number of H-pyrrole nitrogens is 1. The molecule has 0 aliphatic carbocycles. The molecule has 0 atom stereocenters. The van der Waals surface area contributed by atoms with Crippen molar-refractivity contribution < 1.29 is 23.2 Å². The van der Waals surface area contributed by atoms with Crippen molar-refractivity contribution in [2.24, 2.45) is 0 Å². The summed E-state index contributed by atoms with van der Waals surface area (Å²) in [5, 5.41) is 11.2. The molecule has 2 rings (SSSR count). The Morgan fingerprint density at radius 1 is 1.43 bits per heavy atom. The van der Waals surface area contributed by atoms with Crippen molar-refractivity contribution in [2.75, 3.05) is 13.2 Å². The Kier molecular flexibility index (Phi) is 4.59. The van der Waals surface area contributed by atoms with Gasteiger partial charge in [-0.2, -0.15) is 0 Å². The Morgan fingerprint density at radius 3 is 2.86 bits per heavy atom. The molecule has 0 saturated heterocycles. The summed E-state index contributed by atoms with van der Waals surface area (Å²) >= 11 is 0. The second-order valence-electron chi connectivity index (χ2n) is 4.33. The van der Waals surface area contributed by atoms with Crippen LogP contribution in [-0.2, 0) is 4.74 Å². The van der Waals surface area contributed by atoms with E-state index < -0.39 is 18.0 Å². The number of carbonyl (C=O) groups is 1. The number of hydrogen-bond acceptors (Lipinski definition) is 4. The summed E-state index contributed by atoms with van der Waals surface area (Å²) in [4.78, 5) is 24.9. The summed E-state index contributed by atoms with van der Waals surface area (Å²) in [6.45, 7) is -0.795. The summed E-state index contributed by atoms with van der Waals surface area (Å²) in [5.74, 6) is -0.274. The molecule has 0 unspecified atom stereocenters. The number of aromatic nitrogens is 1. The average molecular weight is 298 g/mol. The lowest BCUT2D eigenvalue weighted by atomic mass is 10.1. The Bertz CT molecular complexity index is 669. The fourth-order valence-electron chi connectivity index (χ4n) is 1.93. The highest BCUT2D eigenvalue weighted by atomic mass is 19.3. The van der Waals surface area contributed by atoms with E-state index in [4.69, 9.17) is 0 Å². The second kappa shape index (κ2) is 6.40. The molecule has 0 saturated carbocycles. The monoisotopic (exact) mass is 298 g/mol. The minimum Gasteiger partial charge on any atom is -0.375 e. The zero-order valence-corrected chi connectivity index (χ0v) is 10.8. The molecule has 0 amide bonds. The number of carbonyl (C=O) groups excluding carboxylic acids is 1. The number of alkyl halides is 2. The maximum absolute atomic E-state index is 12.0. The minimum absolute atomic E-state index is 0.0311. The molecule has 112 valence electrons. The Hall–Kier alpha value is -2.35. The van der Waals surface area contributed by atoms with Crippen LogP contribution in [0.3, 0.4) is 0 Å². The molecular formula is C13H12F2N2O4. The van der Waals surface area contributed by atoms with Gasteiger partial charge < -0.3 is 9.72 Å². The van der Waals surface area contributed by atoms with Gasteiger partial charge in [-0.25, -0.2) is 8.78 Å². The number of fused-ring (bicyclic) bond motifs is 1. The van der Waals surface area contributed by atoms with Crippen LogP contribution >= 0.6 is 0 Å². The van der Waals surface area contributed by atoms with Crippen LogP contribution in [0.5, 0.6) is 0 Å². The topological polar surface area (TPSA) is 85.2 Å². The van der Waals surface area contributed by atoms with Crippen molar-refractivity contribution in [2.45, 2.75) is 12.8 Å². The third-order valence-electron chi connectivity index (χ3n) is 2.89. The van der Waals surface area contributed by atoms with E-state index in [1.54, 1.807) is 0 Å². The first-order valence-electron chi connectivity index (χ1n) is 6.13. The van der Waals surface area contributed by atoms with Gasteiger partial charge >= 0.3 is 0 Å². The van der Waals surface area contributed by atoms with E-state index in [-0.39, 0.29) is 24.5 Å². The van der Waals surface area contributed by atoms with Crippen LogP contribution in [0, 0.1) is 10.1 Å². The molecule has 0 radical (unpaired) electrons. The Balaban J connectivity index is 2.08. The Labute approximate surface area is 117 Å². The number of halogens is 2. The van der Waals surface area contributed by atoms with E-state index in [0.717, 1.165) is 0 Å². The van der Waals surface area contributed by atoms with Gasteiger partial charge in [0, 0.05) is 35.7 Å². The molecule has 0 fully saturated rings. The first kappa shape index (κ1) is 15.0. The van der Waals surface area contributed by atoms with Crippen LogP contribution in [0.25, 0.3) is 10.9 Å². The molecule has 21 heavy (non-hydrogen) atoms. The number of nitrogens with one attached hydrogen (secondary N) is 1. The lowest BCUT2D eigenvalue weighted by Crippen LogP contribution is -2.09.